The van der Waals surface area contributed by atoms with Crippen LogP contribution in [0.5, 0.6) is 0 Å². The van der Waals surface area contributed by atoms with Gasteiger partial charge in [-0.25, -0.2) is 4.98 Å². The lowest BCUT2D eigenvalue weighted by Crippen LogP contribution is -2.11. The number of thiazole rings is 1. The Morgan fingerprint density at radius 2 is 1.56 bits per heavy atom. The maximum Gasteiger partial charge on any atom is 0.255 e. The molecule has 0 aliphatic heterocycles. The maximum absolute atomic E-state index is 12.3. The fraction of sp³-hybridized carbons (Fsp3) is 0. The predicted octanol–water partition coefficient (Wildman–Crippen LogP) is 6.38. The third-order valence-electron chi connectivity index (χ3n) is 4.07. The number of amides is 1. The zero-order valence-corrected chi connectivity index (χ0v) is 15.8. The summed E-state index contributed by atoms with van der Waals surface area (Å²) in [5.41, 5.74) is 4.35. The second-order valence-corrected chi connectivity index (χ2v) is 7.24. The Morgan fingerprint density at radius 3 is 2.26 bits per heavy atom. The number of hydrogen-bond donors (Lipinski definition) is 1. The molecule has 132 valence electrons. The summed E-state index contributed by atoms with van der Waals surface area (Å²) in [7, 11) is 0. The lowest BCUT2D eigenvalue weighted by molar-refractivity contribution is 0.102. The zero-order valence-electron chi connectivity index (χ0n) is 14.2. The minimum atomic E-state index is -0.167. The second-order valence-electron chi connectivity index (χ2n) is 5.94. The summed E-state index contributed by atoms with van der Waals surface area (Å²) in [6.07, 6.45) is 0. The minimum absolute atomic E-state index is 0.167. The van der Waals surface area contributed by atoms with Crippen molar-refractivity contribution in [3.8, 4) is 21.8 Å². The van der Waals surface area contributed by atoms with Gasteiger partial charge in [0.25, 0.3) is 5.91 Å². The monoisotopic (exact) mass is 390 g/mol. The van der Waals surface area contributed by atoms with Gasteiger partial charge in [0.15, 0.2) is 0 Å². The minimum Gasteiger partial charge on any atom is -0.322 e. The van der Waals surface area contributed by atoms with Gasteiger partial charge in [0.2, 0.25) is 0 Å². The molecular formula is C22H15ClN2OS. The van der Waals surface area contributed by atoms with Gasteiger partial charge in [-0.15, -0.1) is 11.3 Å². The molecule has 0 fully saturated rings. The molecule has 0 atom stereocenters. The number of anilines is 1. The number of halogens is 1. The van der Waals surface area contributed by atoms with Crippen LogP contribution in [0.4, 0.5) is 5.69 Å². The van der Waals surface area contributed by atoms with Gasteiger partial charge in [-0.3, -0.25) is 4.79 Å². The van der Waals surface area contributed by atoms with Gasteiger partial charge in [-0.1, -0.05) is 54.1 Å². The second kappa shape index (κ2) is 7.74. The normalized spacial score (nSPS) is 10.6. The summed E-state index contributed by atoms with van der Waals surface area (Å²) in [6.45, 7) is 0. The van der Waals surface area contributed by atoms with Crippen molar-refractivity contribution in [3.63, 3.8) is 0 Å². The Balaban J connectivity index is 1.48. The first-order valence-corrected chi connectivity index (χ1v) is 9.63. The van der Waals surface area contributed by atoms with E-state index in [-0.39, 0.29) is 5.91 Å². The van der Waals surface area contributed by atoms with Gasteiger partial charge in [-0.2, -0.15) is 0 Å². The Kier molecular flexibility index (Phi) is 5.01. The molecule has 0 aliphatic rings. The first-order chi connectivity index (χ1) is 13.2. The zero-order chi connectivity index (χ0) is 18.6. The number of hydrogen-bond acceptors (Lipinski definition) is 3. The van der Waals surface area contributed by atoms with Crippen LogP contribution in [0, 0.1) is 0 Å². The van der Waals surface area contributed by atoms with Crippen molar-refractivity contribution in [3.05, 3.63) is 94.8 Å². The maximum atomic E-state index is 12.3. The van der Waals surface area contributed by atoms with E-state index in [2.05, 4.69) is 17.4 Å². The molecule has 27 heavy (non-hydrogen) atoms. The van der Waals surface area contributed by atoms with E-state index in [1.54, 1.807) is 35.6 Å². The topological polar surface area (TPSA) is 42.0 Å². The highest BCUT2D eigenvalue weighted by Gasteiger charge is 2.08. The Hall–Kier alpha value is -2.95. The fourth-order valence-electron chi connectivity index (χ4n) is 2.65. The van der Waals surface area contributed by atoms with Gasteiger partial charge in [0.1, 0.15) is 5.01 Å². The van der Waals surface area contributed by atoms with Crippen molar-refractivity contribution < 1.29 is 4.79 Å². The molecule has 0 aliphatic carbocycles. The highest BCUT2D eigenvalue weighted by molar-refractivity contribution is 7.13. The third kappa shape index (κ3) is 4.08. The molecular weight excluding hydrogens is 376 g/mol. The quantitative estimate of drug-likeness (QED) is 0.439. The lowest BCUT2D eigenvalue weighted by Gasteiger charge is -2.06. The molecule has 0 spiro atoms. The van der Waals surface area contributed by atoms with Gasteiger partial charge < -0.3 is 5.32 Å². The van der Waals surface area contributed by atoms with E-state index in [1.807, 2.05) is 47.8 Å². The van der Waals surface area contributed by atoms with E-state index in [9.17, 15) is 4.79 Å². The third-order valence-corrected chi connectivity index (χ3v) is 5.21. The van der Waals surface area contributed by atoms with Crippen molar-refractivity contribution in [1.82, 2.24) is 4.98 Å². The van der Waals surface area contributed by atoms with Gasteiger partial charge in [-0.05, 0) is 36.4 Å². The first-order valence-electron chi connectivity index (χ1n) is 8.37. The van der Waals surface area contributed by atoms with Crippen LogP contribution in [0.25, 0.3) is 21.8 Å². The number of nitrogens with one attached hydrogen (secondary N) is 1. The van der Waals surface area contributed by atoms with Crippen molar-refractivity contribution in [2.24, 2.45) is 0 Å². The average molecular weight is 391 g/mol. The summed E-state index contributed by atoms with van der Waals surface area (Å²) >= 11 is 7.48. The van der Waals surface area contributed by atoms with Crippen molar-refractivity contribution in [2.45, 2.75) is 0 Å². The molecule has 0 saturated heterocycles. The van der Waals surface area contributed by atoms with Crippen molar-refractivity contribution >= 4 is 34.5 Å². The van der Waals surface area contributed by atoms with Crippen LogP contribution in [0.2, 0.25) is 5.02 Å². The average Bonchev–Trinajstić information content (AvgIpc) is 3.20. The lowest BCUT2D eigenvalue weighted by atomic mass is 10.1. The molecule has 1 aromatic heterocycles. The van der Waals surface area contributed by atoms with Gasteiger partial charge >= 0.3 is 0 Å². The number of rotatable bonds is 4. The molecule has 3 aromatic carbocycles. The highest BCUT2D eigenvalue weighted by Crippen LogP contribution is 2.29. The largest absolute Gasteiger partial charge is 0.322 e. The van der Waals surface area contributed by atoms with Crippen LogP contribution in [-0.2, 0) is 0 Å². The smallest absolute Gasteiger partial charge is 0.255 e. The van der Waals surface area contributed by atoms with Crippen LogP contribution in [0.15, 0.2) is 84.2 Å². The molecule has 1 heterocycles. The van der Waals surface area contributed by atoms with Gasteiger partial charge in [0.05, 0.1) is 5.69 Å². The molecule has 1 N–H and O–H groups in total. The number of carbonyl (C=O) groups excluding carboxylic acids is 1. The molecule has 3 nitrogen and oxygen atoms in total. The van der Waals surface area contributed by atoms with Crippen LogP contribution < -0.4 is 5.32 Å². The summed E-state index contributed by atoms with van der Waals surface area (Å²) in [5.74, 6) is -0.167. The van der Waals surface area contributed by atoms with Crippen LogP contribution >= 0.6 is 22.9 Å². The highest BCUT2D eigenvalue weighted by atomic mass is 35.5. The fourth-order valence-corrected chi connectivity index (χ4v) is 3.61. The SMILES string of the molecule is O=C(Nc1ccc(-c2csc(-c3ccccc3)n2)cc1)c1ccc(Cl)cc1. The number of benzene rings is 3. The van der Waals surface area contributed by atoms with E-state index in [0.717, 1.165) is 27.5 Å². The molecule has 0 saturated carbocycles. The number of aromatic nitrogens is 1. The summed E-state index contributed by atoms with van der Waals surface area (Å²) in [5, 5.41) is 6.53. The number of carbonyl (C=O) groups is 1. The predicted molar refractivity (Wildman–Crippen MR) is 112 cm³/mol. The summed E-state index contributed by atoms with van der Waals surface area (Å²) in [4.78, 5) is 17.0. The Labute approximate surface area is 166 Å². The standard InChI is InChI=1S/C22H15ClN2OS/c23-18-10-6-16(7-11-18)21(26)24-19-12-8-15(9-13-19)20-14-27-22(25-20)17-4-2-1-3-5-17/h1-14H,(H,24,26). The molecule has 0 unspecified atom stereocenters. The van der Waals surface area contributed by atoms with Gasteiger partial charge in [0, 0.05) is 32.8 Å². The van der Waals surface area contributed by atoms with E-state index in [1.165, 1.54) is 0 Å². The van der Waals surface area contributed by atoms with E-state index in [0.29, 0.717) is 10.6 Å². The van der Waals surface area contributed by atoms with E-state index in [4.69, 9.17) is 16.6 Å². The van der Waals surface area contributed by atoms with E-state index < -0.39 is 0 Å². The van der Waals surface area contributed by atoms with Crippen molar-refractivity contribution in [1.29, 1.82) is 0 Å². The molecule has 5 heteroatoms. The van der Waals surface area contributed by atoms with Crippen LogP contribution in [-0.4, -0.2) is 10.9 Å². The molecule has 4 aromatic rings. The molecule has 4 rings (SSSR count). The first kappa shape index (κ1) is 17.5. The molecule has 1 amide bonds. The summed E-state index contributed by atoms with van der Waals surface area (Å²) in [6, 6.07) is 24.6. The Bertz CT molecular complexity index is 1060. The summed E-state index contributed by atoms with van der Waals surface area (Å²) < 4.78 is 0. The Morgan fingerprint density at radius 1 is 0.852 bits per heavy atom. The molecule has 0 radical (unpaired) electrons. The number of nitrogens with zero attached hydrogens (tertiary/aromatic N) is 1. The molecule has 0 bridgehead atoms. The van der Waals surface area contributed by atoms with Crippen LogP contribution in [0.3, 0.4) is 0 Å². The van der Waals surface area contributed by atoms with E-state index >= 15 is 0 Å². The van der Waals surface area contributed by atoms with Crippen molar-refractivity contribution in [2.75, 3.05) is 5.32 Å². The van der Waals surface area contributed by atoms with Crippen LogP contribution in [0.1, 0.15) is 10.4 Å².